The van der Waals surface area contributed by atoms with E-state index in [1.54, 1.807) is 64.4 Å². The van der Waals surface area contributed by atoms with Crippen LogP contribution >= 0.6 is 22.6 Å². The summed E-state index contributed by atoms with van der Waals surface area (Å²) in [4.78, 5) is 16.6. The van der Waals surface area contributed by atoms with Crippen LogP contribution in [-0.4, -0.2) is 33.8 Å². The quantitative estimate of drug-likeness (QED) is 0.362. The van der Waals surface area contributed by atoms with Gasteiger partial charge in [-0.05, 0) is 83.7 Å². The molecule has 3 aromatic rings. The number of carbonyl (C=O) groups excluding carboxylic acids is 1. The zero-order valence-corrected chi connectivity index (χ0v) is 22.3. The Morgan fingerprint density at radius 2 is 1.97 bits per heavy atom. The van der Waals surface area contributed by atoms with E-state index in [0.717, 1.165) is 14.7 Å². The maximum absolute atomic E-state index is 13.5. The molecule has 1 aliphatic rings. The summed E-state index contributed by atoms with van der Waals surface area (Å²) in [5.41, 5.74) is 2.01. The summed E-state index contributed by atoms with van der Waals surface area (Å²) < 4.78 is 33.6. The zero-order chi connectivity index (χ0) is 24.7. The first kappa shape index (κ1) is 24.5. The molecule has 7 nitrogen and oxygen atoms in total. The van der Waals surface area contributed by atoms with Crippen molar-refractivity contribution in [1.82, 2.24) is 8.96 Å². The first-order valence-electron chi connectivity index (χ1n) is 10.7. The van der Waals surface area contributed by atoms with Gasteiger partial charge in [0, 0.05) is 35.5 Å². The first-order valence-corrected chi connectivity index (χ1v) is 13.3. The molecule has 0 saturated carbocycles. The average Bonchev–Trinajstić information content (AvgIpc) is 3.16. The third-order valence-electron chi connectivity index (χ3n) is 5.43. The van der Waals surface area contributed by atoms with Crippen LogP contribution in [0.3, 0.4) is 0 Å². The van der Waals surface area contributed by atoms with Crippen LogP contribution in [0.15, 0.2) is 70.6 Å². The van der Waals surface area contributed by atoms with Crippen molar-refractivity contribution in [3.05, 3.63) is 70.6 Å². The maximum Gasteiger partial charge on any atom is 0.412 e. The number of anilines is 1. The number of nitrogens with one attached hydrogen (secondary N) is 1. The lowest BCUT2D eigenvalue weighted by atomic mass is 10.0. The van der Waals surface area contributed by atoms with E-state index in [2.05, 4.69) is 32.9 Å². The van der Waals surface area contributed by atoms with E-state index in [1.165, 1.54) is 3.97 Å². The summed E-state index contributed by atoms with van der Waals surface area (Å²) in [6, 6.07) is 11.0. The Morgan fingerprint density at radius 3 is 2.68 bits per heavy atom. The monoisotopic (exact) mass is 591 g/mol. The molecule has 0 radical (unpaired) electrons. The second-order valence-corrected chi connectivity index (χ2v) is 13.1. The molecule has 1 aromatic carbocycles. The van der Waals surface area contributed by atoms with Crippen molar-refractivity contribution in [2.24, 2.45) is 0 Å². The number of rotatable bonds is 4. The van der Waals surface area contributed by atoms with E-state index in [0.29, 0.717) is 23.1 Å². The Bertz CT molecular complexity index is 1430. The average molecular weight is 591 g/mol. The number of aromatic nitrogens is 2. The summed E-state index contributed by atoms with van der Waals surface area (Å²) >= 11 is 2.17. The molecule has 2 heterocycles. The highest BCUT2D eigenvalue weighted by atomic mass is 127. The molecule has 0 bridgehead atoms. The third kappa shape index (κ3) is 4.90. The van der Waals surface area contributed by atoms with Gasteiger partial charge < -0.3 is 4.74 Å². The van der Waals surface area contributed by atoms with Gasteiger partial charge in [0.25, 0.3) is 0 Å². The summed E-state index contributed by atoms with van der Waals surface area (Å²) in [5, 5.41) is 3.45. The van der Waals surface area contributed by atoms with Gasteiger partial charge in [0.05, 0.1) is 0 Å². The second-order valence-electron chi connectivity index (χ2n) is 9.42. The molecule has 1 unspecified atom stereocenters. The van der Waals surface area contributed by atoms with Crippen LogP contribution in [0.4, 0.5) is 10.5 Å². The molecule has 9 heteroatoms. The molecule has 0 saturated heterocycles. The van der Waals surface area contributed by atoms with Crippen LogP contribution in [-0.2, 0) is 14.8 Å². The molecule has 178 valence electrons. The number of nitrogens with zero attached hydrogens (tertiary/aromatic N) is 2. The number of amides is 1. The van der Waals surface area contributed by atoms with E-state index in [1.807, 2.05) is 30.3 Å². The van der Waals surface area contributed by atoms with Crippen molar-refractivity contribution in [3.63, 3.8) is 0 Å². The molecule has 0 spiro atoms. The zero-order valence-electron chi connectivity index (χ0n) is 19.4. The van der Waals surface area contributed by atoms with Crippen molar-refractivity contribution in [3.8, 4) is 11.1 Å². The van der Waals surface area contributed by atoms with Gasteiger partial charge >= 0.3 is 6.09 Å². The van der Waals surface area contributed by atoms with Gasteiger partial charge in [-0.1, -0.05) is 30.4 Å². The molecular formula is C25H26IN3O4S. The number of carbonyl (C=O) groups is 1. The molecule has 1 aliphatic carbocycles. The van der Waals surface area contributed by atoms with Crippen molar-refractivity contribution in [2.75, 3.05) is 5.32 Å². The highest BCUT2D eigenvalue weighted by Gasteiger charge is 2.40. The summed E-state index contributed by atoms with van der Waals surface area (Å²) in [6.07, 6.45) is 8.52. The van der Waals surface area contributed by atoms with E-state index >= 15 is 0 Å². The highest BCUT2D eigenvalue weighted by molar-refractivity contribution is 14.1. The molecule has 4 rings (SSSR count). The smallest absolute Gasteiger partial charge is 0.412 e. The first-order chi connectivity index (χ1) is 15.9. The van der Waals surface area contributed by atoms with Crippen molar-refractivity contribution >= 4 is 55.4 Å². The van der Waals surface area contributed by atoms with Gasteiger partial charge in [-0.15, -0.1) is 0 Å². The third-order valence-corrected chi connectivity index (χ3v) is 8.44. The lowest BCUT2D eigenvalue weighted by Crippen LogP contribution is -2.38. The fourth-order valence-electron chi connectivity index (χ4n) is 3.76. The summed E-state index contributed by atoms with van der Waals surface area (Å²) in [6.45, 7) is 7.14. The second kappa shape index (κ2) is 8.84. The van der Waals surface area contributed by atoms with E-state index in [9.17, 15) is 13.2 Å². The predicted molar refractivity (Wildman–Crippen MR) is 144 cm³/mol. The Hall–Kier alpha value is -2.66. The van der Waals surface area contributed by atoms with Crippen molar-refractivity contribution < 1.29 is 17.9 Å². The Kier molecular flexibility index (Phi) is 6.36. The van der Waals surface area contributed by atoms with Crippen LogP contribution in [0.25, 0.3) is 22.2 Å². The minimum atomic E-state index is -3.73. The topological polar surface area (TPSA) is 90.3 Å². The number of allylic oxidation sites excluding steroid dienone is 3. The van der Waals surface area contributed by atoms with Crippen LogP contribution in [0.5, 0.6) is 0 Å². The summed E-state index contributed by atoms with van der Waals surface area (Å²) in [7, 11) is -3.73. The van der Waals surface area contributed by atoms with Crippen molar-refractivity contribution in [2.45, 2.75) is 44.5 Å². The molecule has 0 fully saturated rings. The lowest BCUT2D eigenvalue weighted by Gasteiger charge is -2.28. The number of hydrogen-bond donors (Lipinski definition) is 1. The molecule has 1 N–H and O–H groups in total. The van der Waals surface area contributed by atoms with Crippen LogP contribution in [0, 0.1) is 0 Å². The Morgan fingerprint density at radius 1 is 1.21 bits per heavy atom. The number of benzene rings is 1. The minimum Gasteiger partial charge on any atom is -0.444 e. The Balaban J connectivity index is 1.64. The standard InChI is InChI=1S/C25H26IN3O4S/c1-24(2,3)33-23(30)28-21-9-5-7-17(14-21)19-13-18-10-12-29(22(18)27-16-19)34(31,32)25(4)11-6-8-20(26)15-25/h5-14,16H,15H2,1-4H3,(H,28,30). The number of pyridine rings is 1. The fourth-order valence-corrected chi connectivity index (χ4v) is 6.66. The summed E-state index contributed by atoms with van der Waals surface area (Å²) in [5.74, 6) is 0. The predicted octanol–water partition coefficient (Wildman–Crippen LogP) is 6.27. The van der Waals surface area contributed by atoms with Crippen molar-refractivity contribution in [1.29, 1.82) is 0 Å². The maximum atomic E-state index is 13.5. The van der Waals surface area contributed by atoms with Gasteiger partial charge in [0.1, 0.15) is 10.3 Å². The number of fused-ring (bicyclic) bond motifs is 1. The molecular weight excluding hydrogens is 565 g/mol. The van der Waals surface area contributed by atoms with Gasteiger partial charge in [-0.2, -0.15) is 0 Å². The Labute approximate surface area is 213 Å². The van der Waals surface area contributed by atoms with Crippen LogP contribution in [0.1, 0.15) is 34.1 Å². The SMILES string of the molecule is CC(C)(C)OC(=O)Nc1cccc(-c2cnc3c(ccn3S(=O)(=O)C3(C)C=CC=C(I)C3)c2)c1. The minimum absolute atomic E-state index is 0.381. The molecule has 34 heavy (non-hydrogen) atoms. The largest absolute Gasteiger partial charge is 0.444 e. The number of ether oxygens (including phenoxy) is 1. The van der Waals surface area contributed by atoms with E-state index < -0.39 is 26.5 Å². The lowest BCUT2D eigenvalue weighted by molar-refractivity contribution is 0.0636. The van der Waals surface area contributed by atoms with Crippen LogP contribution in [0.2, 0.25) is 0 Å². The highest BCUT2D eigenvalue weighted by Crippen LogP contribution is 2.36. The van der Waals surface area contributed by atoms with E-state index in [4.69, 9.17) is 4.74 Å². The van der Waals surface area contributed by atoms with Gasteiger partial charge in [0.15, 0.2) is 5.65 Å². The van der Waals surface area contributed by atoms with Gasteiger partial charge in [0.2, 0.25) is 10.0 Å². The molecule has 1 amide bonds. The number of halogens is 1. The van der Waals surface area contributed by atoms with Gasteiger partial charge in [-0.25, -0.2) is 22.2 Å². The molecule has 2 aromatic heterocycles. The number of hydrogen-bond acceptors (Lipinski definition) is 5. The fraction of sp³-hybridized carbons (Fsp3) is 0.280. The van der Waals surface area contributed by atoms with Crippen LogP contribution < -0.4 is 5.32 Å². The van der Waals surface area contributed by atoms with E-state index in [-0.39, 0.29) is 0 Å². The molecule has 1 atom stereocenters. The molecule has 0 aliphatic heterocycles. The normalized spacial score (nSPS) is 18.6. The van der Waals surface area contributed by atoms with Gasteiger partial charge in [-0.3, -0.25) is 5.32 Å².